The summed E-state index contributed by atoms with van der Waals surface area (Å²) < 4.78 is 127. The number of fused-ring (bicyclic) bond motifs is 7. The van der Waals surface area contributed by atoms with E-state index < -0.39 is 11.6 Å². The molecule has 21 rings (SSSR count). The van der Waals surface area contributed by atoms with Gasteiger partial charge < -0.3 is 119 Å². The number of carbonyl (C=O) groups is 7. The second kappa shape index (κ2) is 48.1. The van der Waals surface area contributed by atoms with Gasteiger partial charge in [0.15, 0.2) is 69.0 Å². The van der Waals surface area contributed by atoms with Crippen molar-refractivity contribution in [2.24, 2.45) is 5.92 Å². The van der Waals surface area contributed by atoms with E-state index in [0.717, 1.165) is 204 Å². The molecule has 0 fully saturated rings. The molecule has 742 valence electrons. The number of methoxy groups -OCH3 is 5. The zero-order chi connectivity index (χ0) is 98.0. The van der Waals surface area contributed by atoms with E-state index in [9.17, 15) is 38.7 Å². The number of carbonyl (C=O) groups excluding carboxylic acids is 7. The number of hydrogen-bond acceptors (Lipinski definition) is 32. The molecule has 8 atom stereocenters. The Balaban J connectivity index is 0.000000124. The Hall–Kier alpha value is -14.6. The smallest absolute Gasteiger partial charge is 0.337 e. The maximum absolute atomic E-state index is 11.7. The molecule has 0 aromatic heterocycles. The van der Waals surface area contributed by atoms with Crippen LogP contribution in [0.1, 0.15) is 161 Å². The van der Waals surface area contributed by atoms with Gasteiger partial charge in [-0.05, 0) is 246 Å². The fourth-order valence-electron chi connectivity index (χ4n) is 17.8. The van der Waals surface area contributed by atoms with E-state index in [1.54, 1.807) is 42.5 Å². The first kappa shape index (κ1) is 99.9. The van der Waals surface area contributed by atoms with E-state index in [2.05, 4.69) is 18.2 Å². The van der Waals surface area contributed by atoms with Crippen molar-refractivity contribution in [1.82, 2.24) is 0 Å². The summed E-state index contributed by atoms with van der Waals surface area (Å²) in [7, 11) is 7.91. The van der Waals surface area contributed by atoms with Gasteiger partial charge in [-0.1, -0.05) is 67.6 Å². The largest absolute Gasteiger partial charge is 0.512 e. The average Bonchev–Trinajstić information content (AvgIpc) is 1.13. The van der Waals surface area contributed by atoms with Gasteiger partial charge in [0.2, 0.25) is 40.8 Å². The number of cyclic esters (lactones) is 7. The van der Waals surface area contributed by atoms with E-state index in [1.807, 2.05) is 129 Å². The van der Waals surface area contributed by atoms with Crippen LogP contribution in [0.2, 0.25) is 0 Å². The third kappa shape index (κ3) is 28.1. The van der Waals surface area contributed by atoms with Crippen LogP contribution in [0.5, 0.6) is 69.0 Å². The molecule has 13 heterocycles. The SMILES string of the molecule is COC1=C(C)C(=O)OC(CCc2ccc3c(c2)OCO3)C1.COC1=CC(=O)OC(C)(CCc2ccc3c(c2)OCO3)C1.COC1=CC(=O)OC(CCc2ccc3c(c2)CCC3)C1.COC1=CC(=O)OC(CCc2ccc3c(c2)OCO3)C1C.COC1=CC(=O)O[C@H](CCc2ccc3c(c2)OCO3)C1.O=C1C=C(O)CC(CCc2ccc3c(c2)OCO3)O1.O=C1C=CCC(CCc2ccc3c(c2)OCO3)O1. The zero-order valence-electron chi connectivity index (χ0n) is 79.8. The summed E-state index contributed by atoms with van der Waals surface area (Å²) in [6, 6.07) is 42.1. The number of aryl methyl sites for hydroxylation is 9. The molecule has 14 aliphatic rings. The van der Waals surface area contributed by atoms with Gasteiger partial charge in [0.1, 0.15) is 76.8 Å². The van der Waals surface area contributed by atoms with Gasteiger partial charge in [0.25, 0.3) is 0 Å². The quantitative estimate of drug-likeness (QED) is 0.0389. The molecule has 0 radical (unpaired) electrons. The molecule has 32 nitrogen and oxygen atoms in total. The predicted molar refractivity (Wildman–Crippen MR) is 503 cm³/mol. The van der Waals surface area contributed by atoms with Crippen molar-refractivity contribution in [1.29, 1.82) is 0 Å². The van der Waals surface area contributed by atoms with E-state index in [-0.39, 0.29) is 118 Å². The average molecular weight is 1930 g/mol. The molecule has 32 heteroatoms. The summed E-state index contributed by atoms with van der Waals surface area (Å²) in [6.45, 7) is 7.34. The highest BCUT2D eigenvalue weighted by molar-refractivity contribution is 5.89. The molecule has 1 N–H and O–H groups in total. The molecule has 7 unspecified atom stereocenters. The molecule has 140 heavy (non-hydrogen) atoms. The summed E-state index contributed by atoms with van der Waals surface area (Å²) in [5, 5.41) is 9.40. The molecule has 1 aliphatic carbocycles. The fraction of sp³-hybridized carbons (Fsp3) is 0.417. The van der Waals surface area contributed by atoms with Crippen LogP contribution < -0.4 is 56.8 Å². The first-order chi connectivity index (χ1) is 67.9. The number of benzene rings is 7. The van der Waals surface area contributed by atoms with Crippen LogP contribution in [0.4, 0.5) is 0 Å². The molecule has 7 aromatic rings. The molecule has 0 bridgehead atoms. The molecular formula is C108H118O32. The highest BCUT2D eigenvalue weighted by Gasteiger charge is 2.37. The summed E-state index contributed by atoms with van der Waals surface area (Å²) in [4.78, 5) is 79.9. The van der Waals surface area contributed by atoms with Gasteiger partial charge in [-0.15, -0.1) is 0 Å². The van der Waals surface area contributed by atoms with Crippen molar-refractivity contribution in [2.75, 3.05) is 76.3 Å². The lowest BCUT2D eigenvalue weighted by Crippen LogP contribution is -2.36. The maximum Gasteiger partial charge on any atom is 0.337 e. The zero-order valence-corrected chi connectivity index (χ0v) is 79.8. The van der Waals surface area contributed by atoms with Gasteiger partial charge in [-0.2, -0.15) is 0 Å². The topological polar surface area (TPSA) is 361 Å². The van der Waals surface area contributed by atoms with Crippen molar-refractivity contribution < 1.29 is 152 Å². The van der Waals surface area contributed by atoms with E-state index in [1.165, 1.54) is 71.9 Å². The number of hydrogen-bond donors (Lipinski definition) is 1. The highest BCUT2D eigenvalue weighted by atomic mass is 16.7. The number of rotatable bonds is 26. The van der Waals surface area contributed by atoms with Crippen LogP contribution in [0.15, 0.2) is 210 Å². The Labute approximate surface area is 812 Å². The summed E-state index contributed by atoms with van der Waals surface area (Å²) in [5.74, 6) is 10.7. The highest BCUT2D eigenvalue weighted by Crippen LogP contribution is 2.42. The van der Waals surface area contributed by atoms with E-state index in [0.29, 0.717) is 68.2 Å². The Bertz CT molecular complexity index is 5750. The van der Waals surface area contributed by atoms with Crippen molar-refractivity contribution >= 4 is 41.8 Å². The van der Waals surface area contributed by atoms with Crippen LogP contribution in [-0.2, 0) is 148 Å². The molecular weight excluding hydrogens is 1810 g/mol. The molecule has 0 saturated heterocycles. The van der Waals surface area contributed by atoms with Gasteiger partial charge >= 0.3 is 41.8 Å². The monoisotopic (exact) mass is 1930 g/mol. The van der Waals surface area contributed by atoms with Crippen LogP contribution in [0, 0.1) is 5.92 Å². The van der Waals surface area contributed by atoms with Gasteiger partial charge in [0.05, 0.1) is 77.4 Å². The van der Waals surface area contributed by atoms with Gasteiger partial charge in [-0.25, -0.2) is 33.6 Å². The predicted octanol–water partition coefficient (Wildman–Crippen LogP) is 17.1. The van der Waals surface area contributed by atoms with Crippen LogP contribution in [-0.4, -0.2) is 165 Å². The molecule has 0 amide bonds. The first-order valence-electron chi connectivity index (χ1n) is 47.1. The maximum atomic E-state index is 11.7. The Morgan fingerprint density at radius 3 is 1.14 bits per heavy atom. The normalized spacial score (nSPS) is 21.6. The molecule has 0 spiro atoms. The van der Waals surface area contributed by atoms with E-state index in [4.69, 9.17) is 114 Å². The second-order valence-corrected chi connectivity index (χ2v) is 35.4. The molecule has 7 aromatic carbocycles. The Morgan fingerprint density at radius 1 is 0.350 bits per heavy atom. The first-order valence-corrected chi connectivity index (χ1v) is 47.1. The van der Waals surface area contributed by atoms with E-state index >= 15 is 0 Å². The van der Waals surface area contributed by atoms with Gasteiger partial charge in [0, 0.05) is 44.6 Å². The number of aliphatic hydroxyl groups excluding tert-OH is 1. The third-order valence-electron chi connectivity index (χ3n) is 25.5. The van der Waals surface area contributed by atoms with Crippen molar-refractivity contribution in [3.63, 3.8) is 0 Å². The minimum atomic E-state index is -0.534. The fourth-order valence-corrected chi connectivity index (χ4v) is 17.8. The van der Waals surface area contributed by atoms with Crippen molar-refractivity contribution in [3.05, 3.63) is 260 Å². The summed E-state index contributed by atoms with van der Waals surface area (Å²) in [6.07, 6.45) is 27.9. The Morgan fingerprint density at radius 2 is 0.714 bits per heavy atom. The minimum Gasteiger partial charge on any atom is -0.512 e. The van der Waals surface area contributed by atoms with Crippen LogP contribution in [0.25, 0.3) is 0 Å². The number of ether oxygens (including phenoxy) is 24. The lowest BCUT2D eigenvalue weighted by Gasteiger charge is -2.32. The minimum absolute atomic E-state index is 0.00655. The summed E-state index contributed by atoms with van der Waals surface area (Å²) in [5.41, 5.74) is 11.2. The number of esters is 7. The third-order valence-corrected chi connectivity index (χ3v) is 25.5. The van der Waals surface area contributed by atoms with Crippen molar-refractivity contribution in [3.8, 4) is 69.0 Å². The lowest BCUT2D eigenvalue weighted by molar-refractivity contribution is -0.156. The standard InChI is InChI=1S/C17H20O3.3C16H18O5.C15H16O5.C14H14O5.C14H14O4/c1-19-16-10-15(20-17(18)11-16)8-6-12-5-7-13-3-2-4-14(13)9-12;1-10-12(21-16(17)8-14(10)18-2)5-3-11-4-6-13-15(7-11)20-9-19-13;1-10-14(18-2)8-12(21-16(10)17)5-3-11-4-6-13-15(7-11)20-9-19-13;1-16(9-12(18-2)8-15(17)21-16)6-5-11-3-4-13-14(7-11)20-10-19-13;1-17-12-7-11(20-15(16)8-12)4-2-10-3-5-13-14(6-10)19-9-18-13;15-10-6-11(19-14(16)7-10)3-1-9-2-4-12-13(5-9)18-8-17-12;15-14-3-1-2-11(18-14)6-4-10-5-7-12-13(8-10)17-9-16-12/h5,7,9,11,15H,2-4,6,8,10H2,1H3;4,6-8,10,12H,3,5,9H2,1-2H3;4,6-7,12H,3,5,8-9H2,1-2H3;3-4,7-8H,5-6,9-10H2,1-2H3;3,5-6,8,11H,2,4,7,9H2,1H3;2,4-5,7,11,15H,1,3,6,8H2;1,3,5,7-8,11H,2,4,6,9H2/t;;;;11-;;/m....1../s1. The summed E-state index contributed by atoms with van der Waals surface area (Å²) >= 11 is 0. The molecule has 0 saturated carbocycles. The number of aliphatic hydroxyl groups is 1. The van der Waals surface area contributed by atoms with Crippen LogP contribution >= 0.6 is 0 Å². The second-order valence-electron chi connectivity index (χ2n) is 35.4. The molecule has 13 aliphatic heterocycles. The van der Waals surface area contributed by atoms with Gasteiger partial charge in [-0.3, -0.25) is 0 Å². The van der Waals surface area contributed by atoms with Crippen molar-refractivity contribution in [2.45, 2.75) is 211 Å². The van der Waals surface area contributed by atoms with Crippen LogP contribution in [0.3, 0.4) is 0 Å². The Kier molecular flexibility index (Phi) is 34.3. The lowest BCUT2D eigenvalue weighted by atomic mass is 9.91.